The largest absolute Gasteiger partial charge is 0.317 e. The Morgan fingerprint density at radius 1 is 0.630 bits per heavy atom. The second-order valence-corrected chi connectivity index (χ2v) is 13.4. The number of thiophene rings is 1. The van der Waals surface area contributed by atoms with Crippen molar-refractivity contribution in [2.75, 3.05) is 4.90 Å². The molecule has 0 N–H and O–H groups in total. The minimum absolute atomic E-state index is 0.0977. The van der Waals surface area contributed by atoms with Crippen molar-refractivity contribution in [2.45, 2.75) is 6.04 Å². The summed E-state index contributed by atoms with van der Waals surface area (Å²) >= 11 is 1.89. The van der Waals surface area contributed by atoms with E-state index >= 15 is 0 Å². The zero-order valence-electron chi connectivity index (χ0n) is 24.8. The minimum atomic E-state index is 0.0977. The third-order valence-corrected chi connectivity index (χ3v) is 11.1. The number of nitrogens with zero attached hydrogens (tertiary/aromatic N) is 3. The lowest BCUT2D eigenvalue weighted by Gasteiger charge is -2.33. The summed E-state index contributed by atoms with van der Waals surface area (Å²) in [6.45, 7) is 0. The topological polar surface area (TPSA) is 11.2 Å². The molecule has 6 aromatic carbocycles. The van der Waals surface area contributed by atoms with Gasteiger partial charge in [-0.3, -0.25) is 0 Å². The molecule has 1 atom stereocenters. The highest BCUT2D eigenvalue weighted by atomic mass is 32.1. The van der Waals surface area contributed by atoms with Crippen LogP contribution in [-0.4, -0.2) is 16.3 Å². The van der Waals surface area contributed by atoms with Gasteiger partial charge in [0, 0.05) is 66.5 Å². The first-order chi connectivity index (χ1) is 22.8. The Balaban J connectivity index is 1.19. The van der Waals surface area contributed by atoms with Gasteiger partial charge in [-0.1, -0.05) is 84.9 Å². The van der Waals surface area contributed by atoms with E-state index in [1.54, 1.807) is 0 Å². The van der Waals surface area contributed by atoms with Gasteiger partial charge < -0.3 is 9.47 Å². The van der Waals surface area contributed by atoms with Crippen molar-refractivity contribution in [2.24, 2.45) is 0 Å². The highest BCUT2D eigenvalue weighted by molar-refractivity contribution is 7.26. The Labute approximate surface area is 269 Å². The van der Waals surface area contributed by atoms with Gasteiger partial charge in [-0.2, -0.15) is 4.58 Å². The number of hydrogen-bond donors (Lipinski definition) is 0. The van der Waals surface area contributed by atoms with E-state index in [1.807, 2.05) is 11.3 Å². The molecule has 2 aromatic heterocycles. The predicted molar refractivity (Wildman–Crippen MR) is 196 cm³/mol. The second kappa shape index (κ2) is 8.94. The number of rotatable bonds is 2. The third-order valence-electron chi connectivity index (χ3n) is 10.0. The molecule has 0 fully saturated rings. The van der Waals surface area contributed by atoms with Crippen LogP contribution >= 0.6 is 11.3 Å². The Kier molecular flexibility index (Phi) is 4.78. The van der Waals surface area contributed by atoms with E-state index in [9.17, 15) is 0 Å². The number of para-hydroxylation sites is 4. The van der Waals surface area contributed by atoms with E-state index in [2.05, 4.69) is 166 Å². The lowest BCUT2D eigenvalue weighted by atomic mass is 9.92. The minimum Gasteiger partial charge on any atom is -0.317 e. The molecule has 0 bridgehead atoms. The van der Waals surface area contributed by atoms with Crippen LogP contribution in [0.5, 0.6) is 0 Å². The van der Waals surface area contributed by atoms with Gasteiger partial charge in [0.25, 0.3) is 0 Å². The molecule has 4 heterocycles. The Morgan fingerprint density at radius 2 is 1.41 bits per heavy atom. The molecule has 8 aromatic rings. The van der Waals surface area contributed by atoms with Crippen molar-refractivity contribution in [3.63, 3.8) is 0 Å². The van der Waals surface area contributed by atoms with E-state index in [4.69, 9.17) is 0 Å². The van der Waals surface area contributed by atoms with Crippen molar-refractivity contribution in [3.05, 3.63) is 157 Å². The molecule has 0 amide bonds. The predicted octanol–water partition coefficient (Wildman–Crippen LogP) is 10.9. The van der Waals surface area contributed by atoms with Crippen LogP contribution in [0.15, 0.2) is 152 Å². The SMILES string of the molecule is C1=CC2=[N+](c3ccc4c(c3)c3ccccc3n4-c3ccccc3)c3ccccc3N3c4c(ccc5sc6ccccc6c45)C(=C1)C23. The molecule has 11 rings (SSSR count). The molecule has 0 radical (unpaired) electrons. The molecule has 1 aliphatic carbocycles. The fourth-order valence-corrected chi connectivity index (χ4v) is 9.32. The maximum Gasteiger partial charge on any atom is 0.235 e. The average molecular weight is 605 g/mol. The summed E-state index contributed by atoms with van der Waals surface area (Å²) < 4.78 is 7.57. The summed E-state index contributed by atoms with van der Waals surface area (Å²) in [6.07, 6.45) is 6.89. The van der Waals surface area contributed by atoms with Gasteiger partial charge in [0.2, 0.25) is 17.1 Å². The summed E-state index contributed by atoms with van der Waals surface area (Å²) in [5.41, 5.74) is 12.6. The lowest BCUT2D eigenvalue weighted by molar-refractivity contribution is 0.934. The first kappa shape index (κ1) is 24.6. The van der Waals surface area contributed by atoms with E-state index in [0.717, 1.165) is 0 Å². The van der Waals surface area contributed by atoms with Crippen LogP contribution in [0.1, 0.15) is 5.56 Å². The monoisotopic (exact) mass is 604 g/mol. The smallest absolute Gasteiger partial charge is 0.235 e. The highest BCUT2D eigenvalue weighted by Gasteiger charge is 2.49. The lowest BCUT2D eigenvalue weighted by Crippen LogP contribution is -2.43. The van der Waals surface area contributed by atoms with E-state index in [1.165, 1.54) is 87.3 Å². The number of aromatic nitrogens is 1. The number of fused-ring (bicyclic) bond motifs is 12. The molecule has 4 heteroatoms. The molecule has 3 aliphatic rings. The van der Waals surface area contributed by atoms with Gasteiger partial charge in [-0.15, -0.1) is 11.3 Å². The summed E-state index contributed by atoms with van der Waals surface area (Å²) in [5.74, 6) is 0. The summed E-state index contributed by atoms with van der Waals surface area (Å²) in [7, 11) is 0. The molecule has 0 saturated carbocycles. The maximum absolute atomic E-state index is 2.62. The number of allylic oxidation sites excluding steroid dienone is 2. The van der Waals surface area contributed by atoms with Gasteiger partial charge in [0.1, 0.15) is 11.7 Å². The Hall–Kier alpha value is -5.71. The molecule has 46 heavy (non-hydrogen) atoms. The van der Waals surface area contributed by atoms with Gasteiger partial charge in [0.15, 0.2) is 0 Å². The highest BCUT2D eigenvalue weighted by Crippen LogP contribution is 2.56. The number of hydrogen-bond acceptors (Lipinski definition) is 2. The fraction of sp³-hybridized carbons (Fsp3) is 0.0238. The molecule has 3 nitrogen and oxygen atoms in total. The molecule has 1 unspecified atom stereocenters. The molecule has 214 valence electrons. The fourth-order valence-electron chi connectivity index (χ4n) is 8.21. The van der Waals surface area contributed by atoms with Gasteiger partial charge in [-0.25, -0.2) is 0 Å². The van der Waals surface area contributed by atoms with Crippen LogP contribution in [0.2, 0.25) is 0 Å². The van der Waals surface area contributed by atoms with Crippen LogP contribution in [0.4, 0.5) is 22.7 Å². The van der Waals surface area contributed by atoms with E-state index in [-0.39, 0.29) is 6.04 Å². The van der Waals surface area contributed by atoms with Gasteiger partial charge in [0.05, 0.1) is 16.7 Å². The first-order valence-corrected chi connectivity index (χ1v) is 16.6. The first-order valence-electron chi connectivity index (χ1n) is 15.8. The zero-order chi connectivity index (χ0) is 29.9. The molecular formula is C42H26N3S+. The average Bonchev–Trinajstić information content (AvgIpc) is 3.77. The third kappa shape index (κ3) is 3.09. The van der Waals surface area contributed by atoms with Crippen molar-refractivity contribution >= 4 is 87.3 Å². The molecular weight excluding hydrogens is 579 g/mol. The normalized spacial score (nSPS) is 16.4. The standard InChI is InChI=1S/C42H26N3S/c1-2-11-26(12-3-1)43-33-16-6-4-13-28(33)32-25-27(21-23-34(32)43)44-35-17-7-8-18-36(35)45-41-29(15-10-19-37(41)44)30-22-24-39-40(42(30)45)31-14-5-9-20-38(31)46-39/h1-25,41H/q+1. The summed E-state index contributed by atoms with van der Waals surface area (Å²) in [6, 6.07) is 49.1. The Morgan fingerprint density at radius 3 is 2.35 bits per heavy atom. The number of anilines is 2. The van der Waals surface area contributed by atoms with E-state index < -0.39 is 0 Å². The van der Waals surface area contributed by atoms with Crippen molar-refractivity contribution in [3.8, 4) is 5.69 Å². The van der Waals surface area contributed by atoms with Crippen LogP contribution in [0.3, 0.4) is 0 Å². The van der Waals surface area contributed by atoms with Crippen molar-refractivity contribution < 1.29 is 0 Å². The van der Waals surface area contributed by atoms with Crippen LogP contribution in [-0.2, 0) is 0 Å². The molecule has 0 spiro atoms. The Bertz CT molecular complexity index is 2700. The van der Waals surface area contributed by atoms with Crippen LogP contribution in [0.25, 0.3) is 53.2 Å². The quantitative estimate of drug-likeness (QED) is 0.179. The molecule has 0 saturated heterocycles. The second-order valence-electron chi connectivity index (χ2n) is 12.3. The van der Waals surface area contributed by atoms with Crippen LogP contribution in [0, 0.1) is 0 Å². The maximum atomic E-state index is 2.62. The van der Waals surface area contributed by atoms with Crippen LogP contribution < -0.4 is 9.48 Å². The molecule has 2 aliphatic heterocycles. The van der Waals surface area contributed by atoms with Crippen molar-refractivity contribution in [1.29, 1.82) is 0 Å². The van der Waals surface area contributed by atoms with Gasteiger partial charge >= 0.3 is 0 Å². The number of benzene rings is 6. The summed E-state index contributed by atoms with van der Waals surface area (Å²) in [4.78, 5) is 2.62. The van der Waals surface area contributed by atoms with E-state index in [0.29, 0.717) is 0 Å². The van der Waals surface area contributed by atoms with Crippen molar-refractivity contribution in [1.82, 2.24) is 9.14 Å². The van der Waals surface area contributed by atoms with Gasteiger partial charge in [-0.05, 0) is 48.0 Å². The zero-order valence-corrected chi connectivity index (χ0v) is 25.6. The summed E-state index contributed by atoms with van der Waals surface area (Å²) in [5, 5.41) is 5.23.